The van der Waals surface area contributed by atoms with Crippen LogP contribution < -0.4 is 11.1 Å². The molecular formula is C13H21BrN4O. The first-order valence-corrected chi connectivity index (χ1v) is 7.61. The molecule has 3 N–H and O–H groups in total. The zero-order valence-corrected chi connectivity index (χ0v) is 12.8. The second kappa shape index (κ2) is 6.05. The van der Waals surface area contributed by atoms with Gasteiger partial charge in [0.15, 0.2) is 0 Å². The Morgan fingerprint density at radius 1 is 1.74 bits per heavy atom. The minimum atomic E-state index is -0.572. The summed E-state index contributed by atoms with van der Waals surface area (Å²) in [6, 6.07) is 0.233. The fourth-order valence-electron chi connectivity index (χ4n) is 2.82. The van der Waals surface area contributed by atoms with Gasteiger partial charge >= 0.3 is 0 Å². The average molecular weight is 329 g/mol. The van der Waals surface area contributed by atoms with E-state index in [1.165, 1.54) is 0 Å². The van der Waals surface area contributed by atoms with E-state index in [0.717, 1.165) is 43.1 Å². The van der Waals surface area contributed by atoms with E-state index in [1.54, 1.807) is 6.20 Å². The van der Waals surface area contributed by atoms with E-state index in [0.29, 0.717) is 0 Å². The maximum absolute atomic E-state index is 11.9. The summed E-state index contributed by atoms with van der Waals surface area (Å²) < 4.78 is 2.90. The molecule has 5 nitrogen and oxygen atoms in total. The smallest absolute Gasteiger partial charge is 0.237 e. The van der Waals surface area contributed by atoms with Crippen LogP contribution in [-0.2, 0) is 4.79 Å². The van der Waals surface area contributed by atoms with Crippen LogP contribution >= 0.6 is 15.9 Å². The normalized spacial score (nSPS) is 27.4. The van der Waals surface area contributed by atoms with Crippen molar-refractivity contribution in [3.05, 3.63) is 16.9 Å². The first kappa shape index (κ1) is 14.5. The number of carbonyl (C=O) groups excluding carboxylic acids is 1. The summed E-state index contributed by atoms with van der Waals surface area (Å²) in [5, 5.41) is 7.70. The molecule has 0 saturated heterocycles. The Balaban J connectivity index is 2.15. The highest BCUT2D eigenvalue weighted by Crippen LogP contribution is 2.35. The molecule has 6 heteroatoms. The van der Waals surface area contributed by atoms with Crippen molar-refractivity contribution in [1.29, 1.82) is 0 Å². The Hall–Kier alpha value is -0.880. The van der Waals surface area contributed by atoms with Crippen molar-refractivity contribution in [1.82, 2.24) is 15.1 Å². The molecule has 1 fully saturated rings. The highest BCUT2D eigenvalue weighted by Gasteiger charge is 2.41. The monoisotopic (exact) mass is 328 g/mol. The molecular weight excluding hydrogens is 308 g/mol. The van der Waals surface area contributed by atoms with E-state index in [-0.39, 0.29) is 11.9 Å². The molecule has 2 unspecified atom stereocenters. The predicted octanol–water partition coefficient (Wildman–Crippen LogP) is 1.98. The van der Waals surface area contributed by atoms with E-state index < -0.39 is 5.54 Å². The average Bonchev–Trinajstić information content (AvgIpc) is 2.83. The number of carbonyl (C=O) groups is 1. The van der Waals surface area contributed by atoms with Crippen LogP contribution in [0.2, 0.25) is 0 Å². The quantitative estimate of drug-likeness (QED) is 0.868. The van der Waals surface area contributed by atoms with E-state index >= 15 is 0 Å². The van der Waals surface area contributed by atoms with Gasteiger partial charge in [-0.25, -0.2) is 0 Å². The Morgan fingerprint density at radius 2 is 2.53 bits per heavy atom. The van der Waals surface area contributed by atoms with Gasteiger partial charge in [0.25, 0.3) is 0 Å². The van der Waals surface area contributed by atoms with Crippen molar-refractivity contribution in [2.75, 3.05) is 6.54 Å². The van der Waals surface area contributed by atoms with Crippen LogP contribution in [0, 0.1) is 0 Å². The standard InChI is InChI=1S/C13H21BrN4O/c1-2-6-16-13(12(15)19)5-3-4-11(7-13)18-9-10(14)8-17-18/h8-9,11,16H,2-7H2,1H3,(H2,15,19). The molecule has 1 saturated carbocycles. The molecule has 1 aliphatic rings. The van der Waals surface area contributed by atoms with E-state index in [9.17, 15) is 4.79 Å². The van der Waals surface area contributed by atoms with E-state index in [2.05, 4.69) is 33.3 Å². The largest absolute Gasteiger partial charge is 0.368 e. The number of amides is 1. The van der Waals surface area contributed by atoms with Gasteiger partial charge in [-0.1, -0.05) is 6.92 Å². The summed E-state index contributed by atoms with van der Waals surface area (Å²) in [5.74, 6) is -0.239. The minimum absolute atomic E-state index is 0.233. The van der Waals surface area contributed by atoms with Crippen LogP contribution in [0.3, 0.4) is 0 Å². The predicted molar refractivity (Wildman–Crippen MR) is 77.7 cm³/mol. The van der Waals surface area contributed by atoms with Crippen LogP contribution in [0.15, 0.2) is 16.9 Å². The fraction of sp³-hybridized carbons (Fsp3) is 0.692. The number of halogens is 1. The summed E-state index contributed by atoms with van der Waals surface area (Å²) in [7, 11) is 0. The van der Waals surface area contributed by atoms with Crippen LogP contribution in [-0.4, -0.2) is 27.8 Å². The molecule has 1 aromatic rings. The third-order valence-electron chi connectivity index (χ3n) is 3.85. The molecule has 0 radical (unpaired) electrons. The number of aromatic nitrogens is 2. The summed E-state index contributed by atoms with van der Waals surface area (Å²) >= 11 is 3.41. The van der Waals surface area contributed by atoms with Crippen molar-refractivity contribution >= 4 is 21.8 Å². The molecule has 0 aromatic carbocycles. The number of nitrogens with one attached hydrogen (secondary N) is 1. The topological polar surface area (TPSA) is 72.9 Å². The Labute approximate surface area is 122 Å². The second-order valence-electron chi connectivity index (χ2n) is 5.26. The van der Waals surface area contributed by atoms with Crippen LogP contribution in [0.25, 0.3) is 0 Å². The van der Waals surface area contributed by atoms with E-state index in [1.807, 2.05) is 10.9 Å². The highest BCUT2D eigenvalue weighted by atomic mass is 79.9. The minimum Gasteiger partial charge on any atom is -0.368 e. The van der Waals surface area contributed by atoms with Crippen molar-refractivity contribution in [3.63, 3.8) is 0 Å². The summed E-state index contributed by atoms with van der Waals surface area (Å²) in [6.45, 7) is 2.91. The summed E-state index contributed by atoms with van der Waals surface area (Å²) in [5.41, 5.74) is 5.08. The van der Waals surface area contributed by atoms with Gasteiger partial charge in [0.2, 0.25) is 5.91 Å². The number of nitrogens with zero attached hydrogens (tertiary/aromatic N) is 2. The third-order valence-corrected chi connectivity index (χ3v) is 4.26. The van der Waals surface area contributed by atoms with Crippen LogP contribution in [0.1, 0.15) is 45.1 Å². The maximum atomic E-state index is 11.9. The molecule has 19 heavy (non-hydrogen) atoms. The van der Waals surface area contributed by atoms with Crippen molar-refractivity contribution in [2.24, 2.45) is 5.73 Å². The summed E-state index contributed by atoms with van der Waals surface area (Å²) in [4.78, 5) is 11.9. The maximum Gasteiger partial charge on any atom is 0.237 e. The molecule has 1 aliphatic carbocycles. The van der Waals surface area contributed by atoms with Gasteiger partial charge in [-0.05, 0) is 54.6 Å². The fourth-order valence-corrected chi connectivity index (χ4v) is 3.12. The van der Waals surface area contributed by atoms with E-state index in [4.69, 9.17) is 5.73 Å². The van der Waals surface area contributed by atoms with Gasteiger partial charge in [0.05, 0.1) is 22.3 Å². The zero-order chi connectivity index (χ0) is 13.9. The lowest BCUT2D eigenvalue weighted by Gasteiger charge is -2.39. The number of hydrogen-bond donors (Lipinski definition) is 2. The molecule has 1 heterocycles. The van der Waals surface area contributed by atoms with Gasteiger partial charge in [-0.15, -0.1) is 0 Å². The number of hydrogen-bond acceptors (Lipinski definition) is 3. The van der Waals surface area contributed by atoms with Gasteiger partial charge in [0.1, 0.15) is 0 Å². The number of rotatable bonds is 5. The lowest BCUT2D eigenvalue weighted by Crippen LogP contribution is -2.58. The SMILES string of the molecule is CCCNC1(C(N)=O)CCCC(n2cc(Br)cn2)C1. The van der Waals surface area contributed by atoms with Crippen LogP contribution in [0.5, 0.6) is 0 Å². The third kappa shape index (κ3) is 3.17. The molecule has 106 valence electrons. The highest BCUT2D eigenvalue weighted by molar-refractivity contribution is 9.10. The Bertz CT molecular complexity index is 448. The molecule has 2 atom stereocenters. The second-order valence-corrected chi connectivity index (χ2v) is 6.18. The van der Waals surface area contributed by atoms with Gasteiger partial charge in [0, 0.05) is 6.20 Å². The molecule has 0 bridgehead atoms. The van der Waals surface area contributed by atoms with Gasteiger partial charge in [-0.2, -0.15) is 5.10 Å². The zero-order valence-electron chi connectivity index (χ0n) is 11.2. The van der Waals surface area contributed by atoms with Gasteiger partial charge < -0.3 is 11.1 Å². The first-order valence-electron chi connectivity index (χ1n) is 6.82. The molecule has 0 aliphatic heterocycles. The summed E-state index contributed by atoms with van der Waals surface area (Å²) in [6.07, 6.45) is 8.30. The molecule has 2 rings (SSSR count). The Kier molecular flexibility index (Phi) is 4.62. The van der Waals surface area contributed by atoms with Crippen molar-refractivity contribution in [2.45, 2.75) is 50.6 Å². The molecule has 0 spiro atoms. The molecule has 1 aromatic heterocycles. The van der Waals surface area contributed by atoms with Gasteiger partial charge in [-0.3, -0.25) is 9.48 Å². The van der Waals surface area contributed by atoms with Crippen molar-refractivity contribution < 1.29 is 4.79 Å². The Morgan fingerprint density at radius 3 is 3.11 bits per heavy atom. The first-order chi connectivity index (χ1) is 9.07. The number of nitrogens with two attached hydrogens (primary N) is 1. The van der Waals surface area contributed by atoms with Crippen LogP contribution in [0.4, 0.5) is 0 Å². The lowest BCUT2D eigenvalue weighted by molar-refractivity contribution is -0.126. The van der Waals surface area contributed by atoms with Crippen molar-refractivity contribution in [3.8, 4) is 0 Å². The molecule has 1 amide bonds. The number of primary amides is 1. The lowest BCUT2D eigenvalue weighted by atomic mass is 9.78.